The van der Waals surface area contributed by atoms with Gasteiger partial charge in [0.1, 0.15) is 5.75 Å². The molecule has 0 bridgehead atoms. The van der Waals surface area contributed by atoms with Crippen molar-refractivity contribution >= 4 is 35.9 Å². The van der Waals surface area contributed by atoms with Crippen LogP contribution in [0.15, 0.2) is 47.7 Å². The van der Waals surface area contributed by atoms with Gasteiger partial charge in [-0.1, -0.05) is 12.1 Å². The highest BCUT2D eigenvalue weighted by Gasteiger charge is 2.31. The number of nitrogens with one attached hydrogen (secondary N) is 1. The van der Waals surface area contributed by atoms with Crippen molar-refractivity contribution in [3.8, 4) is 5.75 Å². The zero-order valence-corrected chi connectivity index (χ0v) is 22.2. The van der Waals surface area contributed by atoms with Crippen molar-refractivity contribution in [2.45, 2.75) is 18.9 Å². The van der Waals surface area contributed by atoms with Crippen molar-refractivity contribution in [2.24, 2.45) is 10.9 Å². The number of anilines is 1. The second-order valence-electron chi connectivity index (χ2n) is 8.55. The predicted octanol–water partition coefficient (Wildman–Crippen LogP) is 2.88. The summed E-state index contributed by atoms with van der Waals surface area (Å²) in [6.45, 7) is 5.65. The van der Waals surface area contributed by atoms with Crippen molar-refractivity contribution in [3.05, 3.63) is 48.3 Å². The molecule has 33 heavy (non-hydrogen) atoms. The number of aliphatic imine (C=N–C) groups is 1. The number of benzene rings is 1. The van der Waals surface area contributed by atoms with Gasteiger partial charge >= 0.3 is 0 Å². The second kappa shape index (κ2) is 12.4. The molecule has 0 amide bonds. The van der Waals surface area contributed by atoms with Crippen LogP contribution in [-0.4, -0.2) is 86.2 Å². The van der Waals surface area contributed by atoms with Gasteiger partial charge in [-0.3, -0.25) is 9.89 Å². The topological polar surface area (TPSA) is 69.1 Å². The third-order valence-electron chi connectivity index (χ3n) is 6.61. The molecule has 0 spiro atoms. The van der Waals surface area contributed by atoms with Gasteiger partial charge in [0, 0.05) is 58.2 Å². The van der Waals surface area contributed by atoms with Crippen molar-refractivity contribution in [1.29, 1.82) is 0 Å². The van der Waals surface area contributed by atoms with Crippen LogP contribution in [0.25, 0.3) is 0 Å². The number of nitrogens with zero attached hydrogens (tertiary/aromatic N) is 6. The molecule has 0 aliphatic carbocycles. The second-order valence-corrected chi connectivity index (χ2v) is 8.55. The first-order chi connectivity index (χ1) is 15.7. The van der Waals surface area contributed by atoms with E-state index >= 15 is 0 Å². The minimum atomic E-state index is 0. The Kier molecular flexibility index (Phi) is 9.54. The fourth-order valence-corrected chi connectivity index (χ4v) is 4.93. The van der Waals surface area contributed by atoms with Crippen molar-refractivity contribution in [1.82, 2.24) is 25.1 Å². The normalized spacial score (nSPS) is 22.0. The quantitative estimate of drug-likeness (QED) is 0.340. The molecule has 180 valence electrons. The Labute approximate surface area is 214 Å². The van der Waals surface area contributed by atoms with Crippen LogP contribution in [0.5, 0.6) is 5.75 Å². The first kappa shape index (κ1) is 25.5. The Hall–Kier alpha value is -2.14. The Morgan fingerprint density at radius 2 is 1.79 bits per heavy atom. The molecule has 4 rings (SSSR count). The van der Waals surface area contributed by atoms with Crippen LogP contribution in [0.1, 0.15) is 24.4 Å². The number of guanidine groups is 1. The molecule has 2 unspecified atom stereocenters. The molecule has 2 atom stereocenters. The summed E-state index contributed by atoms with van der Waals surface area (Å²) in [7, 11) is 5.83. The molecule has 2 fully saturated rings. The van der Waals surface area contributed by atoms with E-state index in [-0.39, 0.29) is 24.0 Å². The van der Waals surface area contributed by atoms with Gasteiger partial charge in [-0.05, 0) is 56.1 Å². The highest BCUT2D eigenvalue weighted by molar-refractivity contribution is 14.0. The summed E-state index contributed by atoms with van der Waals surface area (Å²) >= 11 is 0. The van der Waals surface area contributed by atoms with Crippen LogP contribution in [-0.2, 0) is 0 Å². The van der Waals surface area contributed by atoms with Gasteiger partial charge in [0.15, 0.2) is 5.96 Å². The smallest absolute Gasteiger partial charge is 0.225 e. The monoisotopic (exact) mass is 565 g/mol. The van der Waals surface area contributed by atoms with Crippen molar-refractivity contribution < 1.29 is 4.74 Å². The fourth-order valence-electron chi connectivity index (χ4n) is 4.93. The van der Waals surface area contributed by atoms with Crippen LogP contribution in [0, 0.1) is 5.92 Å². The number of hydrogen-bond acceptors (Lipinski definition) is 6. The van der Waals surface area contributed by atoms with Crippen LogP contribution in [0.2, 0.25) is 0 Å². The summed E-state index contributed by atoms with van der Waals surface area (Å²) in [5, 5.41) is 3.68. The summed E-state index contributed by atoms with van der Waals surface area (Å²) in [4.78, 5) is 20.4. The molecular weight excluding hydrogens is 529 g/mol. The SMILES string of the molecule is CN=C(NCC1CCCN(C)C1c1ccc(OC)cc1)N1CCN(c2ncccn2)CC1.I. The number of rotatable bonds is 5. The lowest BCUT2D eigenvalue weighted by Crippen LogP contribution is -2.54. The first-order valence-corrected chi connectivity index (χ1v) is 11.5. The van der Waals surface area contributed by atoms with E-state index in [1.807, 2.05) is 13.1 Å². The van der Waals surface area contributed by atoms with Crippen LogP contribution in [0.4, 0.5) is 5.95 Å². The standard InChI is InChI=1S/C24H35N7O.HI/c1-25-23(30-14-16-31(17-15-30)24-26-11-5-12-27-24)28-18-20-6-4-13-29(2)22(20)19-7-9-21(32-3)10-8-19;/h5,7-12,20,22H,4,6,13-18H2,1-3H3,(H,25,28);1H. The summed E-state index contributed by atoms with van der Waals surface area (Å²) in [6.07, 6.45) is 6.04. The number of ether oxygens (including phenoxy) is 1. The molecule has 2 aliphatic heterocycles. The molecular formula is C24H36IN7O. The van der Waals surface area contributed by atoms with Gasteiger partial charge in [-0.25, -0.2) is 9.97 Å². The van der Waals surface area contributed by atoms with Crippen molar-refractivity contribution in [3.63, 3.8) is 0 Å². The Balaban J connectivity index is 0.00000306. The lowest BCUT2D eigenvalue weighted by molar-refractivity contribution is 0.122. The van der Waals surface area contributed by atoms with E-state index in [0.717, 1.165) is 56.9 Å². The number of hydrogen-bond donors (Lipinski definition) is 1. The lowest BCUT2D eigenvalue weighted by atomic mass is 9.85. The Morgan fingerprint density at radius 1 is 1.09 bits per heavy atom. The maximum Gasteiger partial charge on any atom is 0.225 e. The van der Waals surface area contributed by atoms with E-state index in [4.69, 9.17) is 4.74 Å². The van der Waals surface area contributed by atoms with Crippen LogP contribution >= 0.6 is 24.0 Å². The molecule has 2 aromatic rings. The number of aromatic nitrogens is 2. The molecule has 0 saturated carbocycles. The van der Waals surface area contributed by atoms with E-state index in [2.05, 4.69) is 66.3 Å². The average Bonchev–Trinajstić information content (AvgIpc) is 2.85. The molecule has 3 heterocycles. The van der Waals surface area contributed by atoms with Gasteiger partial charge < -0.3 is 19.9 Å². The molecule has 1 aromatic heterocycles. The van der Waals surface area contributed by atoms with Crippen LogP contribution in [0.3, 0.4) is 0 Å². The summed E-state index contributed by atoms with van der Waals surface area (Å²) < 4.78 is 5.35. The first-order valence-electron chi connectivity index (χ1n) is 11.5. The van der Waals surface area contributed by atoms with Gasteiger partial charge in [0.25, 0.3) is 0 Å². The van der Waals surface area contributed by atoms with Gasteiger partial charge in [0.05, 0.1) is 7.11 Å². The Morgan fingerprint density at radius 3 is 2.42 bits per heavy atom. The molecule has 1 N–H and O–H groups in total. The van der Waals surface area contributed by atoms with Gasteiger partial charge in [-0.2, -0.15) is 0 Å². The number of likely N-dealkylation sites (tertiary alicyclic amines) is 1. The van der Waals surface area contributed by atoms with Gasteiger partial charge in [0.2, 0.25) is 5.95 Å². The number of piperidine rings is 1. The summed E-state index contributed by atoms with van der Waals surface area (Å²) in [6, 6.07) is 10.8. The van der Waals surface area contributed by atoms with Gasteiger partial charge in [-0.15, -0.1) is 24.0 Å². The maximum absolute atomic E-state index is 5.35. The predicted molar refractivity (Wildman–Crippen MR) is 144 cm³/mol. The third-order valence-corrected chi connectivity index (χ3v) is 6.61. The Bertz CT molecular complexity index is 872. The fraction of sp³-hybridized carbons (Fsp3) is 0.542. The van der Waals surface area contributed by atoms with E-state index in [9.17, 15) is 0 Å². The van der Waals surface area contributed by atoms with E-state index < -0.39 is 0 Å². The summed E-state index contributed by atoms with van der Waals surface area (Å²) in [5.41, 5.74) is 1.35. The van der Waals surface area contributed by atoms with E-state index in [1.54, 1.807) is 19.5 Å². The molecule has 9 heteroatoms. The van der Waals surface area contributed by atoms with Crippen molar-refractivity contribution in [2.75, 3.05) is 65.4 Å². The number of halogens is 1. The van der Waals surface area contributed by atoms with Crippen LogP contribution < -0.4 is 15.0 Å². The largest absolute Gasteiger partial charge is 0.497 e. The molecule has 1 aromatic carbocycles. The third kappa shape index (κ3) is 6.26. The zero-order valence-electron chi connectivity index (χ0n) is 19.9. The van der Waals surface area contributed by atoms with E-state index in [1.165, 1.54) is 18.4 Å². The highest BCUT2D eigenvalue weighted by atomic mass is 127. The average molecular weight is 566 g/mol. The summed E-state index contributed by atoms with van der Waals surface area (Å²) in [5.74, 6) is 3.23. The highest BCUT2D eigenvalue weighted by Crippen LogP contribution is 2.35. The minimum Gasteiger partial charge on any atom is -0.497 e. The zero-order chi connectivity index (χ0) is 22.3. The van der Waals surface area contributed by atoms with E-state index in [0.29, 0.717) is 12.0 Å². The number of piperazine rings is 1. The maximum atomic E-state index is 5.35. The lowest BCUT2D eigenvalue weighted by Gasteiger charge is -2.41. The molecule has 0 radical (unpaired) electrons. The number of methoxy groups -OCH3 is 1. The molecule has 8 nitrogen and oxygen atoms in total. The minimum absolute atomic E-state index is 0. The molecule has 2 saturated heterocycles. The molecule has 2 aliphatic rings.